The van der Waals surface area contributed by atoms with Crippen LogP contribution in [-0.4, -0.2) is 29.6 Å². The molecule has 0 aromatic heterocycles. The van der Waals surface area contributed by atoms with E-state index in [0.29, 0.717) is 19.3 Å². The Balaban J connectivity index is 1.79. The fourth-order valence-electron chi connectivity index (χ4n) is 2.69. The second-order valence-electron chi connectivity index (χ2n) is 5.36. The van der Waals surface area contributed by atoms with Crippen LogP contribution in [0.2, 0.25) is 0 Å². The van der Waals surface area contributed by atoms with E-state index >= 15 is 0 Å². The Hall–Kier alpha value is -2.04. The summed E-state index contributed by atoms with van der Waals surface area (Å²) in [7, 11) is 0. The molecule has 21 heavy (non-hydrogen) atoms. The number of carboxylic acids is 1. The first-order valence-corrected chi connectivity index (χ1v) is 7.33. The fourth-order valence-corrected chi connectivity index (χ4v) is 2.69. The summed E-state index contributed by atoms with van der Waals surface area (Å²) in [4.78, 5) is 22.7. The number of para-hydroxylation sites is 1. The number of ether oxygens (including phenoxy) is 1. The summed E-state index contributed by atoms with van der Waals surface area (Å²) >= 11 is 0. The molecule has 0 unspecified atom stereocenters. The number of hydrogen-bond donors (Lipinski definition) is 2. The average Bonchev–Trinajstić information content (AvgIpc) is 2.94. The van der Waals surface area contributed by atoms with Crippen LogP contribution in [0.15, 0.2) is 24.3 Å². The van der Waals surface area contributed by atoms with E-state index < -0.39 is 5.97 Å². The lowest BCUT2D eigenvalue weighted by Gasteiger charge is -2.14. The van der Waals surface area contributed by atoms with Gasteiger partial charge in [-0.15, -0.1) is 0 Å². The molecule has 1 saturated carbocycles. The van der Waals surface area contributed by atoms with E-state index in [9.17, 15) is 9.59 Å². The van der Waals surface area contributed by atoms with Crippen LogP contribution in [0.3, 0.4) is 0 Å². The summed E-state index contributed by atoms with van der Waals surface area (Å²) in [6.45, 7) is 2.00. The van der Waals surface area contributed by atoms with Crippen molar-refractivity contribution in [3.05, 3.63) is 29.8 Å². The third kappa shape index (κ3) is 4.21. The Morgan fingerprint density at radius 1 is 1.33 bits per heavy atom. The highest BCUT2D eigenvalue weighted by Crippen LogP contribution is 2.25. The van der Waals surface area contributed by atoms with Gasteiger partial charge in [-0.05, 0) is 37.3 Å². The molecule has 114 valence electrons. The van der Waals surface area contributed by atoms with E-state index in [1.54, 1.807) is 0 Å². The number of aliphatic carboxylic acids is 1. The quantitative estimate of drug-likeness (QED) is 0.840. The molecule has 1 aliphatic carbocycles. The van der Waals surface area contributed by atoms with Crippen molar-refractivity contribution >= 4 is 11.9 Å². The van der Waals surface area contributed by atoms with Crippen molar-refractivity contribution in [2.24, 2.45) is 5.92 Å². The molecule has 0 spiro atoms. The molecule has 0 heterocycles. The van der Waals surface area contributed by atoms with Crippen molar-refractivity contribution in [1.29, 1.82) is 0 Å². The molecule has 1 aliphatic rings. The molecule has 1 aromatic rings. The molecule has 1 aromatic carbocycles. The molecule has 2 atom stereocenters. The van der Waals surface area contributed by atoms with Crippen molar-refractivity contribution in [2.75, 3.05) is 6.61 Å². The number of hydrogen-bond acceptors (Lipinski definition) is 3. The van der Waals surface area contributed by atoms with Gasteiger partial charge in [-0.25, -0.2) is 0 Å². The van der Waals surface area contributed by atoms with Crippen molar-refractivity contribution in [1.82, 2.24) is 5.32 Å². The summed E-state index contributed by atoms with van der Waals surface area (Å²) < 4.78 is 5.55. The van der Waals surface area contributed by atoms with E-state index in [2.05, 4.69) is 5.32 Å². The number of benzene rings is 1. The van der Waals surface area contributed by atoms with Gasteiger partial charge in [0.1, 0.15) is 5.75 Å². The van der Waals surface area contributed by atoms with E-state index in [-0.39, 0.29) is 24.5 Å². The smallest absolute Gasteiger partial charge is 0.306 e. The largest absolute Gasteiger partial charge is 0.483 e. The Kier molecular flexibility index (Phi) is 5.20. The fraction of sp³-hybridized carbons (Fsp3) is 0.500. The third-order valence-electron chi connectivity index (χ3n) is 3.86. The molecule has 5 nitrogen and oxygen atoms in total. The second-order valence-corrected chi connectivity index (χ2v) is 5.36. The number of carbonyl (C=O) groups excluding carboxylic acids is 1. The van der Waals surface area contributed by atoms with Gasteiger partial charge >= 0.3 is 5.97 Å². The number of aryl methyl sites for hydroxylation is 1. The van der Waals surface area contributed by atoms with Gasteiger partial charge in [0.05, 0.1) is 5.92 Å². The summed E-state index contributed by atoms with van der Waals surface area (Å²) in [5.74, 6) is -0.584. The van der Waals surface area contributed by atoms with Gasteiger partial charge in [0.2, 0.25) is 0 Å². The van der Waals surface area contributed by atoms with Crippen LogP contribution in [0.25, 0.3) is 0 Å². The first kappa shape index (κ1) is 15.4. The lowest BCUT2D eigenvalue weighted by atomic mass is 10.1. The van der Waals surface area contributed by atoms with Gasteiger partial charge in [0.25, 0.3) is 5.91 Å². The number of rotatable bonds is 6. The van der Waals surface area contributed by atoms with Gasteiger partial charge < -0.3 is 15.2 Å². The molecular weight excluding hydrogens is 270 g/mol. The first-order chi connectivity index (χ1) is 10.1. The molecular formula is C16H21NO4. The van der Waals surface area contributed by atoms with E-state index in [1.807, 2.05) is 31.2 Å². The van der Waals surface area contributed by atoms with Crippen molar-refractivity contribution in [3.63, 3.8) is 0 Å². The number of carboxylic acid groups (broad SMARTS) is 1. The SMILES string of the molecule is CCc1ccccc1OCC(=O)N[C@@H]1CC[C@H](C(=O)O)C1. The van der Waals surface area contributed by atoms with Gasteiger partial charge in [0, 0.05) is 6.04 Å². The minimum Gasteiger partial charge on any atom is -0.483 e. The topological polar surface area (TPSA) is 75.6 Å². The van der Waals surface area contributed by atoms with Crippen LogP contribution in [-0.2, 0) is 16.0 Å². The predicted molar refractivity (Wildman–Crippen MR) is 78.2 cm³/mol. The highest BCUT2D eigenvalue weighted by molar-refractivity contribution is 5.78. The molecule has 1 fully saturated rings. The zero-order valence-electron chi connectivity index (χ0n) is 12.2. The van der Waals surface area contributed by atoms with Gasteiger partial charge in [-0.1, -0.05) is 25.1 Å². The first-order valence-electron chi connectivity index (χ1n) is 7.33. The van der Waals surface area contributed by atoms with Crippen molar-refractivity contribution < 1.29 is 19.4 Å². The zero-order valence-corrected chi connectivity index (χ0v) is 12.2. The second kappa shape index (κ2) is 7.11. The number of amides is 1. The van der Waals surface area contributed by atoms with Crippen molar-refractivity contribution in [3.8, 4) is 5.75 Å². The van der Waals surface area contributed by atoms with Crippen LogP contribution >= 0.6 is 0 Å². The Morgan fingerprint density at radius 3 is 2.76 bits per heavy atom. The number of nitrogens with one attached hydrogen (secondary N) is 1. The minimum atomic E-state index is -0.778. The van der Waals surface area contributed by atoms with Crippen molar-refractivity contribution in [2.45, 2.75) is 38.6 Å². The zero-order chi connectivity index (χ0) is 15.2. The highest BCUT2D eigenvalue weighted by atomic mass is 16.5. The lowest BCUT2D eigenvalue weighted by Crippen LogP contribution is -2.36. The molecule has 0 saturated heterocycles. The van der Waals surface area contributed by atoms with Gasteiger partial charge in [-0.3, -0.25) is 9.59 Å². The van der Waals surface area contributed by atoms with Crippen LogP contribution in [0, 0.1) is 5.92 Å². The average molecular weight is 291 g/mol. The third-order valence-corrected chi connectivity index (χ3v) is 3.86. The summed E-state index contributed by atoms with van der Waals surface area (Å²) in [5.41, 5.74) is 1.07. The van der Waals surface area contributed by atoms with Gasteiger partial charge in [0.15, 0.2) is 6.61 Å². The Morgan fingerprint density at radius 2 is 2.10 bits per heavy atom. The monoisotopic (exact) mass is 291 g/mol. The molecule has 2 rings (SSSR count). The predicted octanol–water partition coefficient (Wildman–Crippen LogP) is 2.00. The Labute approximate surface area is 124 Å². The summed E-state index contributed by atoms with van der Waals surface area (Å²) in [6, 6.07) is 7.59. The van der Waals surface area contributed by atoms with E-state index in [1.165, 1.54) is 0 Å². The maximum absolute atomic E-state index is 11.9. The molecule has 5 heteroatoms. The maximum atomic E-state index is 11.9. The number of carbonyl (C=O) groups is 2. The minimum absolute atomic E-state index is 0.0365. The van der Waals surface area contributed by atoms with E-state index in [0.717, 1.165) is 17.7 Å². The standard InChI is InChI=1S/C16H21NO4/c1-2-11-5-3-4-6-14(11)21-10-15(18)17-13-8-7-12(9-13)16(19)20/h3-6,12-13H,2,7-10H2,1H3,(H,17,18)(H,19,20)/t12-,13+/m0/s1. The molecule has 1 amide bonds. The molecule has 0 radical (unpaired) electrons. The van der Waals surface area contributed by atoms with Crippen LogP contribution < -0.4 is 10.1 Å². The Bertz CT molecular complexity index is 515. The molecule has 2 N–H and O–H groups in total. The summed E-state index contributed by atoms with van der Waals surface area (Å²) in [5, 5.41) is 11.8. The molecule has 0 bridgehead atoms. The lowest BCUT2D eigenvalue weighted by molar-refractivity contribution is -0.141. The normalized spacial score (nSPS) is 21.0. The summed E-state index contributed by atoms with van der Waals surface area (Å²) in [6.07, 6.45) is 2.70. The van der Waals surface area contributed by atoms with Crippen LogP contribution in [0.4, 0.5) is 0 Å². The highest BCUT2D eigenvalue weighted by Gasteiger charge is 2.30. The molecule has 0 aliphatic heterocycles. The maximum Gasteiger partial charge on any atom is 0.306 e. The van der Waals surface area contributed by atoms with E-state index in [4.69, 9.17) is 9.84 Å². The van der Waals surface area contributed by atoms with Crippen LogP contribution in [0.1, 0.15) is 31.7 Å². The van der Waals surface area contributed by atoms with Crippen LogP contribution in [0.5, 0.6) is 5.75 Å². The van der Waals surface area contributed by atoms with Gasteiger partial charge in [-0.2, -0.15) is 0 Å².